The van der Waals surface area contributed by atoms with Crippen LogP contribution in [0.3, 0.4) is 0 Å². The van der Waals surface area contributed by atoms with E-state index in [0.717, 1.165) is 35.2 Å². The Morgan fingerprint density at radius 3 is 2.86 bits per heavy atom. The van der Waals surface area contributed by atoms with E-state index < -0.39 is 6.04 Å². The number of carbonyl (C=O) groups is 1. The highest BCUT2D eigenvalue weighted by Gasteiger charge is 2.34. The number of amides is 1. The first-order chi connectivity index (χ1) is 10.1. The Hall–Kier alpha value is -0.820. The zero-order chi connectivity index (χ0) is 15.4. The maximum Gasteiger partial charge on any atom is 0.242 e. The van der Waals surface area contributed by atoms with Crippen LogP contribution in [0.25, 0.3) is 0 Å². The van der Waals surface area contributed by atoms with Crippen molar-refractivity contribution >= 4 is 34.2 Å². The predicted octanol–water partition coefficient (Wildman–Crippen LogP) is 2.52. The van der Waals surface area contributed by atoms with Crippen molar-refractivity contribution in [2.45, 2.75) is 24.9 Å². The lowest BCUT2D eigenvalue weighted by Gasteiger charge is -2.28. The van der Waals surface area contributed by atoms with E-state index in [4.69, 9.17) is 15.2 Å². The van der Waals surface area contributed by atoms with Gasteiger partial charge in [0.2, 0.25) is 5.91 Å². The summed E-state index contributed by atoms with van der Waals surface area (Å²) in [5, 5.41) is 0. The second kappa shape index (κ2) is 8.72. The van der Waals surface area contributed by atoms with Gasteiger partial charge in [0.25, 0.3) is 0 Å². The van der Waals surface area contributed by atoms with Crippen LogP contribution in [-0.2, 0) is 9.53 Å². The van der Waals surface area contributed by atoms with Gasteiger partial charge in [-0.05, 0) is 31.0 Å². The molecule has 1 aromatic carbocycles. The van der Waals surface area contributed by atoms with Gasteiger partial charge in [-0.1, -0.05) is 15.9 Å². The van der Waals surface area contributed by atoms with E-state index in [-0.39, 0.29) is 31.0 Å². The minimum absolute atomic E-state index is 0. The highest BCUT2D eigenvalue weighted by molar-refractivity contribution is 9.10. The Bertz CT molecular complexity index is 516. The third-order valence-corrected chi connectivity index (χ3v) is 4.24. The zero-order valence-electron chi connectivity index (χ0n) is 12.8. The van der Waals surface area contributed by atoms with Gasteiger partial charge in [0.05, 0.1) is 19.8 Å². The Morgan fingerprint density at radius 2 is 2.23 bits per heavy atom. The van der Waals surface area contributed by atoms with E-state index in [2.05, 4.69) is 15.9 Å². The van der Waals surface area contributed by atoms with Crippen LogP contribution in [0, 0.1) is 0 Å². The molecular formula is C15H22BrClN2O3. The number of hydrogen-bond acceptors (Lipinski definition) is 4. The van der Waals surface area contributed by atoms with E-state index in [0.29, 0.717) is 0 Å². The van der Waals surface area contributed by atoms with Gasteiger partial charge in [-0.3, -0.25) is 4.79 Å². The number of likely N-dealkylation sites (tertiary alicyclic amines) is 1. The molecule has 1 amide bonds. The number of nitrogens with two attached hydrogens (primary N) is 1. The molecule has 22 heavy (non-hydrogen) atoms. The van der Waals surface area contributed by atoms with Crippen molar-refractivity contribution in [2.24, 2.45) is 5.73 Å². The average Bonchev–Trinajstić information content (AvgIpc) is 2.95. The van der Waals surface area contributed by atoms with Gasteiger partial charge in [0, 0.05) is 23.7 Å². The first kappa shape index (κ1) is 19.2. The number of benzene rings is 1. The molecule has 0 spiro atoms. The highest BCUT2D eigenvalue weighted by Crippen LogP contribution is 2.38. The molecule has 0 aromatic heterocycles. The van der Waals surface area contributed by atoms with Crippen molar-refractivity contribution in [1.82, 2.24) is 4.90 Å². The largest absolute Gasteiger partial charge is 0.496 e. The molecular weight excluding hydrogens is 372 g/mol. The van der Waals surface area contributed by atoms with E-state index in [9.17, 15) is 4.79 Å². The monoisotopic (exact) mass is 392 g/mol. The van der Waals surface area contributed by atoms with Crippen LogP contribution in [0.2, 0.25) is 0 Å². The normalized spacial score (nSPS) is 18.7. The van der Waals surface area contributed by atoms with Gasteiger partial charge in [-0.25, -0.2) is 0 Å². The molecule has 7 heteroatoms. The molecule has 1 aromatic rings. The zero-order valence-corrected chi connectivity index (χ0v) is 15.2. The van der Waals surface area contributed by atoms with Crippen molar-refractivity contribution in [3.8, 4) is 5.75 Å². The summed E-state index contributed by atoms with van der Waals surface area (Å²) in [6.45, 7) is 0.953. The van der Waals surface area contributed by atoms with Crippen molar-refractivity contribution in [3.63, 3.8) is 0 Å². The van der Waals surface area contributed by atoms with Crippen molar-refractivity contribution in [2.75, 3.05) is 27.4 Å². The first-order valence-corrected chi connectivity index (χ1v) is 7.76. The fourth-order valence-electron chi connectivity index (χ4n) is 2.78. The summed E-state index contributed by atoms with van der Waals surface area (Å²) in [5.74, 6) is 0.726. The first-order valence-electron chi connectivity index (χ1n) is 6.97. The Kier molecular flexibility index (Phi) is 7.62. The minimum atomic E-state index is -0.617. The van der Waals surface area contributed by atoms with Crippen molar-refractivity contribution < 1.29 is 14.3 Å². The number of rotatable bonds is 5. The van der Waals surface area contributed by atoms with Crippen LogP contribution >= 0.6 is 28.3 Å². The summed E-state index contributed by atoms with van der Waals surface area (Å²) in [7, 11) is 3.19. The summed E-state index contributed by atoms with van der Waals surface area (Å²) < 4.78 is 11.4. The lowest BCUT2D eigenvalue weighted by molar-refractivity contribution is -0.134. The van der Waals surface area contributed by atoms with E-state index in [1.807, 2.05) is 23.1 Å². The second-order valence-corrected chi connectivity index (χ2v) is 6.05. The van der Waals surface area contributed by atoms with Gasteiger partial charge in [0.15, 0.2) is 0 Å². The van der Waals surface area contributed by atoms with Gasteiger partial charge < -0.3 is 20.1 Å². The Balaban J connectivity index is 0.00000242. The van der Waals surface area contributed by atoms with Gasteiger partial charge in [-0.2, -0.15) is 0 Å². The van der Waals surface area contributed by atoms with Gasteiger partial charge in [0.1, 0.15) is 11.8 Å². The molecule has 0 bridgehead atoms. The molecule has 2 unspecified atom stereocenters. The molecule has 1 fully saturated rings. The van der Waals surface area contributed by atoms with E-state index >= 15 is 0 Å². The molecule has 124 valence electrons. The van der Waals surface area contributed by atoms with Crippen LogP contribution in [0.5, 0.6) is 5.75 Å². The van der Waals surface area contributed by atoms with Crippen LogP contribution in [0.1, 0.15) is 24.4 Å². The smallest absolute Gasteiger partial charge is 0.242 e. The van der Waals surface area contributed by atoms with Gasteiger partial charge in [-0.15, -0.1) is 12.4 Å². The molecule has 2 rings (SSSR count). The fourth-order valence-corrected chi connectivity index (χ4v) is 3.16. The number of nitrogens with zero attached hydrogens (tertiary/aromatic N) is 1. The Morgan fingerprint density at radius 1 is 1.50 bits per heavy atom. The lowest BCUT2D eigenvalue weighted by atomic mass is 10.0. The van der Waals surface area contributed by atoms with E-state index in [1.54, 1.807) is 14.2 Å². The quantitative estimate of drug-likeness (QED) is 0.835. The third-order valence-electron chi connectivity index (χ3n) is 3.75. The molecule has 1 aliphatic rings. The van der Waals surface area contributed by atoms with Crippen molar-refractivity contribution in [1.29, 1.82) is 0 Å². The molecule has 5 nitrogen and oxygen atoms in total. The average molecular weight is 394 g/mol. The molecule has 2 atom stereocenters. The number of hydrogen-bond donors (Lipinski definition) is 1. The van der Waals surface area contributed by atoms with Crippen LogP contribution < -0.4 is 10.5 Å². The Labute approximate surface area is 145 Å². The third kappa shape index (κ3) is 4.13. The number of carbonyl (C=O) groups excluding carboxylic acids is 1. The molecule has 0 aliphatic carbocycles. The molecule has 2 N–H and O–H groups in total. The molecule has 1 aliphatic heterocycles. The molecule has 0 radical (unpaired) electrons. The lowest BCUT2D eigenvalue weighted by Crippen LogP contribution is -2.45. The topological polar surface area (TPSA) is 64.8 Å². The minimum Gasteiger partial charge on any atom is -0.496 e. The van der Waals surface area contributed by atoms with E-state index in [1.165, 1.54) is 0 Å². The molecule has 1 heterocycles. The van der Waals surface area contributed by atoms with Gasteiger partial charge >= 0.3 is 0 Å². The molecule has 1 saturated heterocycles. The summed E-state index contributed by atoms with van der Waals surface area (Å²) >= 11 is 3.48. The standard InChI is InChI=1S/C15H21BrN2O3.ClH/c1-20-9-12(17)15(19)18-7-3-4-13(18)11-8-10(16)5-6-14(11)21-2;/h5-6,8,12-13H,3-4,7,9,17H2,1-2H3;1H. The number of halogens is 2. The molecule has 0 saturated carbocycles. The van der Waals surface area contributed by atoms with Crippen LogP contribution in [0.15, 0.2) is 22.7 Å². The van der Waals surface area contributed by atoms with Crippen molar-refractivity contribution in [3.05, 3.63) is 28.2 Å². The highest BCUT2D eigenvalue weighted by atomic mass is 79.9. The number of methoxy groups -OCH3 is 2. The summed E-state index contributed by atoms with van der Waals surface area (Å²) in [6.07, 6.45) is 1.88. The summed E-state index contributed by atoms with van der Waals surface area (Å²) in [5.41, 5.74) is 6.91. The SMILES string of the molecule is COCC(N)C(=O)N1CCCC1c1cc(Br)ccc1OC.Cl. The predicted molar refractivity (Wildman–Crippen MR) is 91.5 cm³/mol. The summed E-state index contributed by atoms with van der Waals surface area (Å²) in [6, 6.07) is 5.24. The van der Waals surface area contributed by atoms with Crippen LogP contribution in [0.4, 0.5) is 0 Å². The van der Waals surface area contributed by atoms with Crippen LogP contribution in [-0.4, -0.2) is 44.2 Å². The second-order valence-electron chi connectivity index (χ2n) is 5.14. The fraction of sp³-hybridized carbons (Fsp3) is 0.533. The maximum atomic E-state index is 12.5. The maximum absolute atomic E-state index is 12.5. The number of ether oxygens (including phenoxy) is 2. The summed E-state index contributed by atoms with van der Waals surface area (Å²) in [4.78, 5) is 14.3.